The van der Waals surface area contributed by atoms with Crippen LogP contribution >= 0.6 is 11.3 Å². The fraction of sp³-hybridized carbons (Fsp3) is 0.455. The summed E-state index contributed by atoms with van der Waals surface area (Å²) in [5, 5.41) is 8.96. The van der Waals surface area contributed by atoms with E-state index in [1.54, 1.807) is 25.1 Å². The summed E-state index contributed by atoms with van der Waals surface area (Å²) in [4.78, 5) is 25.8. The minimum Gasteiger partial charge on any atom is -0.473 e. The molecule has 0 bridgehead atoms. The van der Waals surface area contributed by atoms with Gasteiger partial charge in [-0.25, -0.2) is 19.2 Å². The summed E-state index contributed by atoms with van der Waals surface area (Å²) in [7, 11) is -1.22. The third kappa shape index (κ3) is 8.55. The second-order valence-electron chi connectivity index (χ2n) is 12.5. The molecular weight excluding hydrogens is 610 g/mol. The number of esters is 1. The number of halogens is 1. The van der Waals surface area contributed by atoms with Crippen LogP contribution in [0.4, 0.5) is 4.39 Å². The number of imidazole rings is 1. The van der Waals surface area contributed by atoms with E-state index in [-0.39, 0.29) is 24.1 Å². The number of aromatic nitrogens is 3. The summed E-state index contributed by atoms with van der Waals surface area (Å²) < 4.78 is 33.5. The molecule has 0 unspecified atom stereocenters. The maximum absolute atomic E-state index is 14.3. The van der Waals surface area contributed by atoms with Gasteiger partial charge in [0.2, 0.25) is 5.88 Å². The molecule has 12 heteroatoms. The van der Waals surface area contributed by atoms with Crippen LogP contribution < -0.4 is 4.74 Å². The van der Waals surface area contributed by atoms with Crippen LogP contribution in [0.1, 0.15) is 58.0 Å². The number of hydrogen-bond acceptors (Lipinski definition) is 9. The number of carbonyl (C=O) groups is 1. The van der Waals surface area contributed by atoms with Gasteiger partial charge in [0.15, 0.2) is 0 Å². The number of nitriles is 1. The largest absolute Gasteiger partial charge is 0.473 e. The Bertz CT molecular complexity index is 1670. The van der Waals surface area contributed by atoms with Crippen molar-refractivity contribution in [3.05, 3.63) is 75.8 Å². The maximum Gasteiger partial charge on any atom is 0.348 e. The van der Waals surface area contributed by atoms with Crippen molar-refractivity contribution in [1.29, 1.82) is 5.26 Å². The highest BCUT2D eigenvalue weighted by Crippen LogP contribution is 2.31. The van der Waals surface area contributed by atoms with Gasteiger partial charge in [-0.15, -0.1) is 11.3 Å². The molecule has 0 N–H and O–H groups in total. The molecule has 5 rings (SSSR count). The molecule has 4 aromatic rings. The maximum atomic E-state index is 14.3. The van der Waals surface area contributed by atoms with E-state index in [0.717, 1.165) is 53.8 Å². The van der Waals surface area contributed by atoms with Crippen molar-refractivity contribution >= 4 is 35.7 Å². The van der Waals surface area contributed by atoms with E-state index >= 15 is 0 Å². The van der Waals surface area contributed by atoms with Crippen LogP contribution in [-0.4, -0.2) is 59.8 Å². The number of fused-ring (bicyclic) bond motifs is 1. The molecule has 0 spiro atoms. The highest BCUT2D eigenvalue weighted by molar-refractivity contribution is 7.20. The Morgan fingerprint density at radius 3 is 2.67 bits per heavy atom. The fourth-order valence-corrected chi connectivity index (χ4v) is 6.98. The molecule has 4 heterocycles. The molecule has 1 fully saturated rings. The smallest absolute Gasteiger partial charge is 0.348 e. The topological polar surface area (TPSA) is 102 Å². The highest BCUT2D eigenvalue weighted by Gasteiger charge is 2.25. The summed E-state index contributed by atoms with van der Waals surface area (Å²) in [6.07, 6.45) is 1.88. The molecule has 0 atom stereocenters. The van der Waals surface area contributed by atoms with E-state index in [9.17, 15) is 9.18 Å². The Balaban J connectivity index is 1.21. The molecule has 238 valence electrons. The van der Waals surface area contributed by atoms with Crippen molar-refractivity contribution in [1.82, 2.24) is 19.4 Å². The van der Waals surface area contributed by atoms with E-state index in [1.165, 1.54) is 17.4 Å². The van der Waals surface area contributed by atoms with Gasteiger partial charge in [0.1, 0.15) is 34.7 Å². The van der Waals surface area contributed by atoms with Gasteiger partial charge in [-0.3, -0.25) is 4.90 Å². The molecule has 9 nitrogen and oxygen atoms in total. The lowest BCUT2D eigenvalue weighted by atomic mass is 9.93. The van der Waals surface area contributed by atoms with E-state index in [4.69, 9.17) is 29.4 Å². The van der Waals surface area contributed by atoms with Crippen molar-refractivity contribution in [3.8, 4) is 11.9 Å². The molecule has 3 aromatic heterocycles. The molecule has 0 saturated carbocycles. The van der Waals surface area contributed by atoms with Crippen molar-refractivity contribution in [2.24, 2.45) is 0 Å². The predicted molar refractivity (Wildman–Crippen MR) is 175 cm³/mol. The number of carbonyl (C=O) groups excluding carboxylic acids is 1. The highest BCUT2D eigenvalue weighted by atomic mass is 32.1. The number of thiophene rings is 1. The van der Waals surface area contributed by atoms with Gasteiger partial charge < -0.3 is 18.8 Å². The second kappa shape index (κ2) is 14.6. The van der Waals surface area contributed by atoms with Gasteiger partial charge in [0.05, 0.1) is 30.3 Å². The zero-order valence-corrected chi connectivity index (χ0v) is 28.2. The number of pyridine rings is 1. The Morgan fingerprint density at radius 2 is 1.96 bits per heavy atom. The number of benzene rings is 1. The monoisotopic (exact) mass is 649 g/mol. The van der Waals surface area contributed by atoms with Crippen LogP contribution in [0.15, 0.2) is 42.5 Å². The molecule has 45 heavy (non-hydrogen) atoms. The Morgan fingerprint density at radius 1 is 1.16 bits per heavy atom. The summed E-state index contributed by atoms with van der Waals surface area (Å²) in [6.45, 7) is 12.8. The number of likely N-dealkylation sites (tertiary alicyclic amines) is 1. The minimum atomic E-state index is -1.22. The van der Waals surface area contributed by atoms with Crippen LogP contribution in [0.3, 0.4) is 0 Å². The number of rotatable bonds is 13. The summed E-state index contributed by atoms with van der Waals surface area (Å²) in [6, 6.07) is 15.0. The normalized spacial score (nSPS) is 14.5. The van der Waals surface area contributed by atoms with Gasteiger partial charge in [0.25, 0.3) is 0 Å². The standard InChI is InChI=1S/C33H40FN5O4SSi/c1-5-42-33(40)29-18-28-32(44-29)37-30(39(28)22-41-15-16-45(2,3)4)20-38-13-11-24(12-14-38)27-7-6-8-31(36-27)43-21-25-10-9-23(19-35)17-26(25)34/h6-10,17-18,24H,5,11-16,20-22H2,1-4H3. The van der Waals surface area contributed by atoms with Crippen LogP contribution in [0.2, 0.25) is 25.7 Å². The summed E-state index contributed by atoms with van der Waals surface area (Å²) >= 11 is 1.36. The molecule has 1 aliphatic rings. The molecule has 1 aromatic carbocycles. The first-order valence-corrected chi connectivity index (χ1v) is 19.9. The van der Waals surface area contributed by atoms with Crippen molar-refractivity contribution in [3.63, 3.8) is 0 Å². The average molecular weight is 650 g/mol. The Labute approximate surface area is 268 Å². The van der Waals surface area contributed by atoms with E-state index in [1.807, 2.05) is 24.3 Å². The second-order valence-corrected chi connectivity index (χ2v) is 19.1. The van der Waals surface area contributed by atoms with Crippen molar-refractivity contribution in [2.75, 3.05) is 26.3 Å². The van der Waals surface area contributed by atoms with E-state index in [0.29, 0.717) is 42.8 Å². The van der Waals surface area contributed by atoms with Gasteiger partial charge >= 0.3 is 5.97 Å². The number of piperidine rings is 1. The van der Waals surface area contributed by atoms with Crippen molar-refractivity contribution < 1.29 is 23.4 Å². The number of nitrogens with zero attached hydrogens (tertiary/aromatic N) is 5. The summed E-state index contributed by atoms with van der Waals surface area (Å²) in [5.41, 5.74) is 2.53. The molecular formula is C33H40FN5O4SSi. The van der Waals surface area contributed by atoms with Crippen LogP contribution in [0, 0.1) is 17.1 Å². The fourth-order valence-electron chi connectivity index (χ4n) is 5.27. The summed E-state index contributed by atoms with van der Waals surface area (Å²) in [5.74, 6) is 0.894. The van der Waals surface area contributed by atoms with Crippen LogP contribution in [-0.2, 0) is 29.4 Å². The predicted octanol–water partition coefficient (Wildman–Crippen LogP) is 6.95. The molecule has 0 aliphatic carbocycles. The lowest BCUT2D eigenvalue weighted by Gasteiger charge is -2.31. The SMILES string of the molecule is CCOC(=O)c1cc2c(nc(CN3CCC(c4cccc(OCc5ccc(C#N)cc5F)n4)CC3)n2COCC[Si](C)(C)C)s1. The number of ether oxygens (including phenoxy) is 3. The zero-order chi connectivity index (χ0) is 32.0. The third-order valence-electron chi connectivity index (χ3n) is 7.89. The van der Waals surface area contributed by atoms with Gasteiger partial charge in [-0.05, 0) is 63.2 Å². The zero-order valence-electron chi connectivity index (χ0n) is 26.3. The lowest BCUT2D eigenvalue weighted by Crippen LogP contribution is -2.33. The molecule has 1 aliphatic heterocycles. The van der Waals surface area contributed by atoms with E-state index < -0.39 is 13.9 Å². The first kappa shape index (κ1) is 32.8. The minimum absolute atomic E-state index is 0.0413. The average Bonchev–Trinajstić information content (AvgIpc) is 3.57. The Kier molecular flexibility index (Phi) is 10.7. The Hall–Kier alpha value is -3.63. The molecule has 1 saturated heterocycles. The lowest BCUT2D eigenvalue weighted by molar-refractivity contribution is 0.0532. The quantitative estimate of drug-likeness (QED) is 0.0871. The third-order valence-corrected chi connectivity index (χ3v) is 10.6. The number of hydrogen-bond donors (Lipinski definition) is 0. The van der Waals surface area contributed by atoms with E-state index in [2.05, 4.69) is 29.1 Å². The van der Waals surface area contributed by atoms with Gasteiger partial charge in [0, 0.05) is 37.9 Å². The van der Waals surface area contributed by atoms with Gasteiger partial charge in [-0.2, -0.15) is 5.26 Å². The molecule has 0 radical (unpaired) electrons. The molecule has 0 amide bonds. The van der Waals surface area contributed by atoms with Gasteiger partial charge in [-0.1, -0.05) is 31.8 Å². The van der Waals surface area contributed by atoms with Crippen molar-refractivity contribution in [2.45, 2.75) is 71.3 Å². The van der Waals surface area contributed by atoms with Crippen LogP contribution in [0.5, 0.6) is 5.88 Å². The first-order chi connectivity index (χ1) is 21.6. The first-order valence-electron chi connectivity index (χ1n) is 15.4. The van der Waals surface area contributed by atoms with Crippen LogP contribution in [0.25, 0.3) is 10.3 Å².